The molecule has 0 aromatic heterocycles. The third-order valence-electron chi connectivity index (χ3n) is 4.82. The Bertz CT molecular complexity index is 753. The third kappa shape index (κ3) is 8.22. The first-order chi connectivity index (χ1) is 13.8. The molecule has 2 aromatic carbocycles. The molecule has 0 amide bonds. The lowest BCUT2D eigenvalue weighted by molar-refractivity contribution is 0.135. The van der Waals surface area contributed by atoms with Crippen LogP contribution in [0.1, 0.15) is 23.1 Å². The molecule has 2 N–H and O–H groups in total. The summed E-state index contributed by atoms with van der Waals surface area (Å²) >= 11 is 0. The maximum Gasteiger partial charge on any atom is 0.190 e. The Morgan fingerprint density at radius 3 is 2.66 bits per heavy atom. The van der Waals surface area contributed by atoms with Gasteiger partial charge in [0.2, 0.25) is 0 Å². The molecule has 0 unspecified atom stereocenters. The molecule has 158 valence electrons. The highest BCUT2D eigenvalue weighted by atomic mass is 127. The Morgan fingerprint density at radius 2 is 1.83 bits per heavy atom. The molecule has 1 heterocycles. The second-order valence-corrected chi connectivity index (χ2v) is 6.92. The maximum absolute atomic E-state index is 5.72. The fourth-order valence-corrected chi connectivity index (χ4v) is 3.26. The summed E-state index contributed by atoms with van der Waals surface area (Å²) < 4.78 is 11.3. The Hall–Kier alpha value is -1.80. The summed E-state index contributed by atoms with van der Waals surface area (Å²) in [6, 6.07) is 16.9. The van der Waals surface area contributed by atoms with Crippen LogP contribution < -0.4 is 15.4 Å². The molecule has 6 heteroatoms. The van der Waals surface area contributed by atoms with Gasteiger partial charge in [0.05, 0.1) is 13.2 Å². The van der Waals surface area contributed by atoms with Crippen molar-refractivity contribution in [2.24, 2.45) is 4.99 Å². The quantitative estimate of drug-likeness (QED) is 0.223. The first-order valence-electron chi connectivity index (χ1n) is 10.2. The summed E-state index contributed by atoms with van der Waals surface area (Å²) in [7, 11) is 1.80. The zero-order chi connectivity index (χ0) is 19.4. The van der Waals surface area contributed by atoms with Crippen molar-refractivity contribution < 1.29 is 9.47 Å². The average Bonchev–Trinajstić information content (AvgIpc) is 3.20. The number of rotatable bonds is 10. The minimum Gasteiger partial charge on any atom is -0.493 e. The largest absolute Gasteiger partial charge is 0.493 e. The topological polar surface area (TPSA) is 54.9 Å². The number of hydrogen-bond donors (Lipinski definition) is 2. The van der Waals surface area contributed by atoms with E-state index in [1.807, 2.05) is 6.07 Å². The van der Waals surface area contributed by atoms with Crippen molar-refractivity contribution >= 4 is 29.9 Å². The summed E-state index contributed by atoms with van der Waals surface area (Å²) in [5.41, 5.74) is 3.98. The van der Waals surface area contributed by atoms with Crippen LogP contribution in [0, 0.1) is 0 Å². The maximum atomic E-state index is 5.72. The highest BCUT2D eigenvalue weighted by molar-refractivity contribution is 14.0. The third-order valence-corrected chi connectivity index (χ3v) is 4.82. The first kappa shape index (κ1) is 23.5. The van der Waals surface area contributed by atoms with Crippen molar-refractivity contribution in [3.63, 3.8) is 0 Å². The predicted octanol–water partition coefficient (Wildman–Crippen LogP) is 3.60. The molecular weight excluding hydrogens is 477 g/mol. The van der Waals surface area contributed by atoms with Crippen LogP contribution in [0.4, 0.5) is 0 Å². The van der Waals surface area contributed by atoms with E-state index in [0.717, 1.165) is 70.3 Å². The lowest BCUT2D eigenvalue weighted by Crippen LogP contribution is -2.39. The summed E-state index contributed by atoms with van der Waals surface area (Å²) in [5, 5.41) is 6.72. The lowest BCUT2D eigenvalue weighted by atomic mass is 10.1. The molecule has 0 bridgehead atoms. The van der Waals surface area contributed by atoms with Crippen LogP contribution in [0.2, 0.25) is 0 Å². The summed E-state index contributed by atoms with van der Waals surface area (Å²) in [6.45, 7) is 4.04. The molecule has 1 aliphatic rings. The molecule has 5 nitrogen and oxygen atoms in total. The van der Waals surface area contributed by atoms with E-state index < -0.39 is 0 Å². The minimum atomic E-state index is 0. The number of ether oxygens (including phenoxy) is 2. The van der Waals surface area contributed by atoms with Gasteiger partial charge < -0.3 is 20.1 Å². The Labute approximate surface area is 191 Å². The van der Waals surface area contributed by atoms with Gasteiger partial charge in [-0.25, -0.2) is 0 Å². The molecule has 0 aliphatic carbocycles. The molecule has 2 aromatic rings. The van der Waals surface area contributed by atoms with E-state index in [2.05, 4.69) is 58.1 Å². The Balaban J connectivity index is 0.00000300. The number of guanidine groups is 1. The zero-order valence-corrected chi connectivity index (χ0v) is 19.5. The molecule has 0 saturated heterocycles. The van der Waals surface area contributed by atoms with E-state index in [0.29, 0.717) is 0 Å². The van der Waals surface area contributed by atoms with Crippen molar-refractivity contribution in [1.29, 1.82) is 0 Å². The summed E-state index contributed by atoms with van der Waals surface area (Å²) in [5.74, 6) is 1.88. The SMILES string of the molecule is CN=C(NCCCOCCc1ccccc1)NCCc1ccc2c(c1)CCO2.I. The van der Waals surface area contributed by atoms with Crippen LogP contribution in [0.15, 0.2) is 53.5 Å². The van der Waals surface area contributed by atoms with Crippen LogP contribution in [0.25, 0.3) is 0 Å². The zero-order valence-electron chi connectivity index (χ0n) is 17.2. The van der Waals surface area contributed by atoms with Gasteiger partial charge in [0, 0.05) is 33.2 Å². The van der Waals surface area contributed by atoms with Gasteiger partial charge in [-0.15, -0.1) is 24.0 Å². The van der Waals surface area contributed by atoms with E-state index in [1.165, 1.54) is 16.7 Å². The normalized spacial score (nSPS) is 12.7. The van der Waals surface area contributed by atoms with Crippen molar-refractivity contribution in [1.82, 2.24) is 10.6 Å². The van der Waals surface area contributed by atoms with E-state index in [4.69, 9.17) is 9.47 Å². The van der Waals surface area contributed by atoms with E-state index in [1.54, 1.807) is 7.05 Å². The predicted molar refractivity (Wildman–Crippen MR) is 130 cm³/mol. The number of nitrogens with one attached hydrogen (secondary N) is 2. The molecular formula is C23H32IN3O2. The molecule has 0 saturated carbocycles. The molecule has 29 heavy (non-hydrogen) atoms. The Morgan fingerprint density at radius 1 is 1.00 bits per heavy atom. The molecule has 3 rings (SSSR count). The van der Waals surface area contributed by atoms with Gasteiger partial charge in [0.1, 0.15) is 5.75 Å². The summed E-state index contributed by atoms with van der Waals surface area (Å²) in [4.78, 5) is 4.28. The summed E-state index contributed by atoms with van der Waals surface area (Å²) in [6.07, 6.45) is 3.91. The highest BCUT2D eigenvalue weighted by Crippen LogP contribution is 2.25. The van der Waals surface area contributed by atoms with Crippen molar-refractivity contribution in [2.75, 3.05) is 40.0 Å². The van der Waals surface area contributed by atoms with Crippen molar-refractivity contribution in [3.8, 4) is 5.75 Å². The molecule has 0 spiro atoms. The second-order valence-electron chi connectivity index (χ2n) is 6.92. The molecule has 0 atom stereocenters. The number of benzene rings is 2. The van der Waals surface area contributed by atoms with E-state index in [9.17, 15) is 0 Å². The number of hydrogen-bond acceptors (Lipinski definition) is 3. The smallest absolute Gasteiger partial charge is 0.190 e. The van der Waals surface area contributed by atoms with Gasteiger partial charge in [-0.1, -0.05) is 42.5 Å². The van der Waals surface area contributed by atoms with E-state index >= 15 is 0 Å². The van der Waals surface area contributed by atoms with Gasteiger partial charge in [-0.05, 0) is 42.0 Å². The van der Waals surface area contributed by atoms with Gasteiger partial charge in [0.25, 0.3) is 0 Å². The fourth-order valence-electron chi connectivity index (χ4n) is 3.26. The fraction of sp³-hybridized carbons (Fsp3) is 0.435. The molecule has 0 fully saturated rings. The van der Waals surface area contributed by atoms with Crippen molar-refractivity contribution in [3.05, 3.63) is 65.2 Å². The average molecular weight is 509 g/mol. The van der Waals surface area contributed by atoms with Gasteiger partial charge >= 0.3 is 0 Å². The van der Waals surface area contributed by atoms with Crippen LogP contribution in [-0.2, 0) is 24.0 Å². The molecule has 0 radical (unpaired) electrons. The van der Waals surface area contributed by atoms with E-state index in [-0.39, 0.29) is 24.0 Å². The van der Waals surface area contributed by atoms with Crippen LogP contribution in [0.3, 0.4) is 0 Å². The highest BCUT2D eigenvalue weighted by Gasteiger charge is 2.11. The lowest BCUT2D eigenvalue weighted by Gasteiger charge is -2.12. The minimum absolute atomic E-state index is 0. The van der Waals surface area contributed by atoms with Gasteiger partial charge in [0.15, 0.2) is 5.96 Å². The number of aliphatic imine (C=N–C) groups is 1. The standard InChI is InChI=1S/C23H31N3O2.HI/c1-24-23(25-13-5-15-27-16-11-19-6-3-2-4-7-19)26-14-10-20-8-9-22-21(18-20)12-17-28-22;/h2-4,6-9,18H,5,10-17H2,1H3,(H2,24,25,26);1H. The molecule has 1 aliphatic heterocycles. The first-order valence-corrected chi connectivity index (χ1v) is 10.2. The second kappa shape index (κ2) is 13.4. The van der Waals surface area contributed by atoms with Crippen molar-refractivity contribution in [2.45, 2.75) is 25.7 Å². The van der Waals surface area contributed by atoms with Crippen LogP contribution >= 0.6 is 24.0 Å². The van der Waals surface area contributed by atoms with Gasteiger partial charge in [-0.2, -0.15) is 0 Å². The van der Waals surface area contributed by atoms with Crippen LogP contribution in [-0.4, -0.2) is 45.9 Å². The number of halogens is 1. The number of nitrogens with zero attached hydrogens (tertiary/aromatic N) is 1. The number of fused-ring (bicyclic) bond motifs is 1. The van der Waals surface area contributed by atoms with Gasteiger partial charge in [-0.3, -0.25) is 4.99 Å². The van der Waals surface area contributed by atoms with Crippen LogP contribution in [0.5, 0.6) is 5.75 Å². The monoisotopic (exact) mass is 509 g/mol. The Kier molecular flexibility index (Phi) is 10.9.